The molecule has 1 atom stereocenters. The Bertz CT molecular complexity index is 426. The molecule has 3 heteroatoms. The zero-order valence-corrected chi connectivity index (χ0v) is 11.4. The number of halogens is 1. The van der Waals surface area contributed by atoms with Gasteiger partial charge >= 0.3 is 0 Å². The molecule has 0 N–H and O–H groups in total. The van der Waals surface area contributed by atoms with Crippen LogP contribution in [-0.2, 0) is 4.74 Å². The van der Waals surface area contributed by atoms with Crippen LogP contribution in [0.1, 0.15) is 25.0 Å². The summed E-state index contributed by atoms with van der Waals surface area (Å²) in [4.78, 5) is 4.60. The molecular formula is C13H16BrNO. The Kier molecular flexibility index (Phi) is 3.33. The molecule has 0 saturated carbocycles. The predicted octanol–water partition coefficient (Wildman–Crippen LogP) is 3.56. The largest absolute Gasteiger partial charge is 0.475 e. The van der Waals surface area contributed by atoms with Crippen LogP contribution in [0.2, 0.25) is 0 Å². The molecule has 1 heterocycles. The van der Waals surface area contributed by atoms with Gasteiger partial charge in [0.25, 0.3) is 0 Å². The SMILES string of the molecule is Cc1ccc(C2=NC(C(C)C)CO2)cc1Br. The lowest BCUT2D eigenvalue weighted by Crippen LogP contribution is -2.13. The van der Waals surface area contributed by atoms with Crippen LogP contribution in [0.4, 0.5) is 0 Å². The molecule has 2 rings (SSSR count). The average molecular weight is 282 g/mol. The van der Waals surface area contributed by atoms with Gasteiger partial charge in [0.05, 0.1) is 6.04 Å². The highest BCUT2D eigenvalue weighted by Crippen LogP contribution is 2.22. The minimum atomic E-state index is 0.301. The first-order valence-corrected chi connectivity index (χ1v) is 6.34. The van der Waals surface area contributed by atoms with E-state index in [1.807, 2.05) is 0 Å². The van der Waals surface area contributed by atoms with E-state index in [0.717, 1.165) is 15.9 Å². The molecule has 0 spiro atoms. The number of hydrogen-bond acceptors (Lipinski definition) is 2. The smallest absolute Gasteiger partial charge is 0.216 e. The van der Waals surface area contributed by atoms with Crippen molar-refractivity contribution in [1.29, 1.82) is 0 Å². The van der Waals surface area contributed by atoms with Crippen LogP contribution in [0.3, 0.4) is 0 Å². The van der Waals surface area contributed by atoms with E-state index in [1.165, 1.54) is 5.56 Å². The molecule has 1 aliphatic heterocycles. The molecule has 1 aromatic carbocycles. The topological polar surface area (TPSA) is 21.6 Å². The quantitative estimate of drug-likeness (QED) is 0.812. The van der Waals surface area contributed by atoms with Crippen molar-refractivity contribution in [2.45, 2.75) is 26.8 Å². The molecular weight excluding hydrogens is 266 g/mol. The third-order valence-electron chi connectivity index (χ3n) is 2.86. The number of rotatable bonds is 2. The number of hydrogen-bond donors (Lipinski definition) is 0. The second-order valence-corrected chi connectivity index (χ2v) is 5.37. The van der Waals surface area contributed by atoms with Crippen molar-refractivity contribution in [2.24, 2.45) is 10.9 Å². The van der Waals surface area contributed by atoms with Crippen molar-refractivity contribution >= 4 is 21.8 Å². The van der Waals surface area contributed by atoms with Crippen LogP contribution >= 0.6 is 15.9 Å². The molecule has 0 saturated heterocycles. The van der Waals surface area contributed by atoms with E-state index in [4.69, 9.17) is 4.74 Å². The number of aryl methyl sites for hydroxylation is 1. The van der Waals surface area contributed by atoms with Gasteiger partial charge in [-0.05, 0) is 30.5 Å². The van der Waals surface area contributed by atoms with Gasteiger partial charge in [-0.1, -0.05) is 35.8 Å². The second-order valence-electron chi connectivity index (χ2n) is 4.52. The Hall–Kier alpha value is -0.830. The Labute approximate surface area is 105 Å². The number of aliphatic imine (C=N–C) groups is 1. The monoisotopic (exact) mass is 281 g/mol. The fourth-order valence-corrected chi connectivity index (χ4v) is 1.99. The number of benzene rings is 1. The van der Waals surface area contributed by atoms with E-state index in [0.29, 0.717) is 18.6 Å². The summed E-state index contributed by atoms with van der Waals surface area (Å²) in [6, 6.07) is 6.50. The van der Waals surface area contributed by atoms with E-state index in [2.05, 4.69) is 59.9 Å². The highest BCUT2D eigenvalue weighted by atomic mass is 79.9. The molecule has 2 nitrogen and oxygen atoms in total. The van der Waals surface area contributed by atoms with Gasteiger partial charge < -0.3 is 4.74 Å². The van der Waals surface area contributed by atoms with Crippen molar-refractivity contribution in [2.75, 3.05) is 6.61 Å². The van der Waals surface area contributed by atoms with E-state index < -0.39 is 0 Å². The lowest BCUT2D eigenvalue weighted by molar-refractivity contribution is 0.292. The fraction of sp³-hybridized carbons (Fsp3) is 0.462. The second kappa shape index (κ2) is 4.58. The summed E-state index contributed by atoms with van der Waals surface area (Å²) in [7, 11) is 0. The van der Waals surface area contributed by atoms with Gasteiger partial charge in [-0.15, -0.1) is 0 Å². The number of nitrogens with zero attached hydrogens (tertiary/aromatic N) is 1. The molecule has 0 bridgehead atoms. The standard InChI is InChI=1S/C13H16BrNO/c1-8(2)12-7-16-13(15-12)10-5-4-9(3)11(14)6-10/h4-6,8,12H,7H2,1-3H3. The average Bonchev–Trinajstić information content (AvgIpc) is 2.71. The molecule has 86 valence electrons. The van der Waals surface area contributed by atoms with Crippen LogP contribution in [0, 0.1) is 12.8 Å². The molecule has 0 amide bonds. The third kappa shape index (κ3) is 2.29. The van der Waals surface area contributed by atoms with Crippen molar-refractivity contribution in [3.05, 3.63) is 33.8 Å². The fourth-order valence-electron chi connectivity index (χ4n) is 1.61. The summed E-state index contributed by atoms with van der Waals surface area (Å²) in [5, 5.41) is 0. The van der Waals surface area contributed by atoms with E-state index in [9.17, 15) is 0 Å². The van der Waals surface area contributed by atoms with Crippen LogP contribution in [0.15, 0.2) is 27.7 Å². The zero-order chi connectivity index (χ0) is 11.7. The molecule has 0 radical (unpaired) electrons. The van der Waals surface area contributed by atoms with E-state index in [-0.39, 0.29) is 0 Å². The van der Waals surface area contributed by atoms with Crippen LogP contribution in [0.5, 0.6) is 0 Å². The molecule has 0 aliphatic carbocycles. The summed E-state index contributed by atoms with van der Waals surface area (Å²) < 4.78 is 6.74. The van der Waals surface area contributed by atoms with Crippen LogP contribution in [0.25, 0.3) is 0 Å². The van der Waals surface area contributed by atoms with Gasteiger partial charge in [-0.25, -0.2) is 4.99 Å². The highest BCUT2D eigenvalue weighted by Gasteiger charge is 2.22. The summed E-state index contributed by atoms with van der Waals surface area (Å²) in [5.41, 5.74) is 2.28. The normalized spacial score (nSPS) is 19.8. The molecule has 1 aliphatic rings. The lowest BCUT2D eigenvalue weighted by Gasteiger charge is -2.06. The van der Waals surface area contributed by atoms with Crippen LogP contribution in [-0.4, -0.2) is 18.5 Å². The van der Waals surface area contributed by atoms with Gasteiger partial charge in [0.15, 0.2) is 0 Å². The maximum absolute atomic E-state index is 5.64. The summed E-state index contributed by atoms with van der Waals surface area (Å²) >= 11 is 3.53. The van der Waals surface area contributed by atoms with Gasteiger partial charge in [0.1, 0.15) is 6.61 Å². The maximum atomic E-state index is 5.64. The van der Waals surface area contributed by atoms with Gasteiger partial charge in [0.2, 0.25) is 5.90 Å². The Morgan fingerprint density at radius 2 is 2.19 bits per heavy atom. The zero-order valence-electron chi connectivity index (χ0n) is 9.83. The van der Waals surface area contributed by atoms with Crippen molar-refractivity contribution < 1.29 is 4.74 Å². The minimum absolute atomic E-state index is 0.301. The van der Waals surface area contributed by atoms with Gasteiger partial charge in [-0.2, -0.15) is 0 Å². The number of ether oxygens (including phenoxy) is 1. The molecule has 1 unspecified atom stereocenters. The molecule has 16 heavy (non-hydrogen) atoms. The van der Waals surface area contributed by atoms with Crippen LogP contribution < -0.4 is 0 Å². The molecule has 1 aromatic rings. The summed E-state index contributed by atoms with van der Waals surface area (Å²) in [5.74, 6) is 1.31. The molecule has 0 aromatic heterocycles. The highest BCUT2D eigenvalue weighted by molar-refractivity contribution is 9.10. The minimum Gasteiger partial charge on any atom is -0.475 e. The third-order valence-corrected chi connectivity index (χ3v) is 3.72. The van der Waals surface area contributed by atoms with E-state index in [1.54, 1.807) is 0 Å². The Morgan fingerprint density at radius 3 is 2.75 bits per heavy atom. The van der Waals surface area contributed by atoms with Crippen molar-refractivity contribution in [3.8, 4) is 0 Å². The molecule has 0 fully saturated rings. The van der Waals surface area contributed by atoms with Gasteiger partial charge in [-0.3, -0.25) is 0 Å². The Balaban J connectivity index is 2.25. The van der Waals surface area contributed by atoms with Gasteiger partial charge in [0, 0.05) is 10.0 Å². The lowest BCUT2D eigenvalue weighted by atomic mass is 10.1. The van der Waals surface area contributed by atoms with Crippen molar-refractivity contribution in [3.63, 3.8) is 0 Å². The predicted molar refractivity (Wildman–Crippen MR) is 70.0 cm³/mol. The van der Waals surface area contributed by atoms with Crippen molar-refractivity contribution in [1.82, 2.24) is 0 Å². The first-order chi connectivity index (χ1) is 7.58. The van der Waals surface area contributed by atoms with E-state index >= 15 is 0 Å². The first-order valence-electron chi connectivity index (χ1n) is 5.55. The Morgan fingerprint density at radius 1 is 1.44 bits per heavy atom. The summed E-state index contributed by atoms with van der Waals surface area (Å²) in [6.45, 7) is 7.12. The first kappa shape index (κ1) is 11.6. The summed E-state index contributed by atoms with van der Waals surface area (Å²) in [6.07, 6.45) is 0. The maximum Gasteiger partial charge on any atom is 0.216 e.